The molecule has 1 heterocycles. The second kappa shape index (κ2) is 8.87. The molecule has 0 radical (unpaired) electrons. The van der Waals surface area contributed by atoms with Crippen molar-refractivity contribution >= 4 is 33.2 Å². The zero-order valence-electron chi connectivity index (χ0n) is 13.8. The van der Waals surface area contributed by atoms with Crippen LogP contribution in [0.4, 0.5) is 11.4 Å². The van der Waals surface area contributed by atoms with Crippen LogP contribution in [0, 0.1) is 0 Å². The maximum atomic E-state index is 12.2. The van der Waals surface area contributed by atoms with Gasteiger partial charge in [0.25, 0.3) is 0 Å². The number of carbonyl (C=O) groups excluding carboxylic acids is 1. The molecule has 1 amide bonds. The number of para-hydroxylation sites is 2. The van der Waals surface area contributed by atoms with E-state index < -0.39 is 0 Å². The predicted octanol–water partition coefficient (Wildman–Crippen LogP) is 4.06. The van der Waals surface area contributed by atoms with Gasteiger partial charge in [-0.15, -0.1) is 0 Å². The number of halogens is 1. The Morgan fingerprint density at radius 2 is 2.12 bits per heavy atom. The van der Waals surface area contributed by atoms with E-state index in [0.717, 1.165) is 29.6 Å². The molecule has 0 saturated carbocycles. The summed E-state index contributed by atoms with van der Waals surface area (Å²) in [5, 5.41) is 5.99. The summed E-state index contributed by atoms with van der Waals surface area (Å²) in [6, 6.07) is 15.1. The summed E-state index contributed by atoms with van der Waals surface area (Å²) >= 11 is 3.41. The molecule has 25 heavy (non-hydrogen) atoms. The number of nitrogens with one attached hydrogen (secondary N) is 2. The van der Waals surface area contributed by atoms with Gasteiger partial charge >= 0.3 is 0 Å². The van der Waals surface area contributed by atoms with Crippen LogP contribution >= 0.6 is 15.9 Å². The highest BCUT2D eigenvalue weighted by Gasteiger charge is 2.17. The number of hydrogen-bond donors (Lipinski definition) is 2. The number of rotatable bonds is 7. The van der Waals surface area contributed by atoms with E-state index in [1.54, 1.807) is 0 Å². The van der Waals surface area contributed by atoms with E-state index in [4.69, 9.17) is 9.47 Å². The highest BCUT2D eigenvalue weighted by Crippen LogP contribution is 2.25. The standard InChI is InChI=1S/C19H21BrN2O3/c20-14-5-3-6-15(11-14)21-12-19(23)22-17-8-1-2-9-18(17)25-13-16-7-4-10-24-16/h1-3,5-6,8-9,11,16,21H,4,7,10,12-13H2,(H,22,23). The minimum absolute atomic E-state index is 0.131. The van der Waals surface area contributed by atoms with Crippen molar-refractivity contribution < 1.29 is 14.3 Å². The Bertz CT molecular complexity index is 717. The van der Waals surface area contributed by atoms with Crippen molar-refractivity contribution in [3.8, 4) is 5.75 Å². The minimum Gasteiger partial charge on any atom is -0.489 e. The summed E-state index contributed by atoms with van der Waals surface area (Å²) in [7, 11) is 0. The second-order valence-electron chi connectivity index (χ2n) is 5.85. The van der Waals surface area contributed by atoms with Crippen LogP contribution in [-0.2, 0) is 9.53 Å². The fourth-order valence-corrected chi connectivity index (χ4v) is 3.03. The summed E-state index contributed by atoms with van der Waals surface area (Å²) in [4.78, 5) is 12.2. The van der Waals surface area contributed by atoms with Gasteiger partial charge in [0, 0.05) is 16.8 Å². The van der Waals surface area contributed by atoms with Gasteiger partial charge in [-0.3, -0.25) is 4.79 Å². The van der Waals surface area contributed by atoms with E-state index in [2.05, 4.69) is 26.6 Å². The molecular formula is C19H21BrN2O3. The van der Waals surface area contributed by atoms with E-state index in [-0.39, 0.29) is 18.6 Å². The topological polar surface area (TPSA) is 59.6 Å². The molecule has 1 aliphatic rings. The maximum absolute atomic E-state index is 12.2. The van der Waals surface area contributed by atoms with Crippen molar-refractivity contribution in [2.24, 2.45) is 0 Å². The fraction of sp³-hybridized carbons (Fsp3) is 0.316. The van der Waals surface area contributed by atoms with Crippen LogP contribution < -0.4 is 15.4 Å². The zero-order valence-corrected chi connectivity index (χ0v) is 15.4. The van der Waals surface area contributed by atoms with E-state index in [1.165, 1.54) is 0 Å². The number of benzene rings is 2. The Morgan fingerprint density at radius 1 is 1.24 bits per heavy atom. The second-order valence-corrected chi connectivity index (χ2v) is 6.77. The van der Waals surface area contributed by atoms with Gasteiger partial charge in [-0.05, 0) is 43.2 Å². The summed E-state index contributed by atoms with van der Waals surface area (Å²) in [5.41, 5.74) is 1.55. The molecule has 0 aromatic heterocycles. The van der Waals surface area contributed by atoms with Crippen molar-refractivity contribution in [2.45, 2.75) is 18.9 Å². The molecule has 3 rings (SSSR count). The Labute approximate surface area is 155 Å². The number of hydrogen-bond acceptors (Lipinski definition) is 4. The third-order valence-corrected chi connectivity index (χ3v) is 4.38. The van der Waals surface area contributed by atoms with Crippen LogP contribution in [-0.4, -0.2) is 31.8 Å². The Balaban J connectivity index is 1.53. The number of carbonyl (C=O) groups is 1. The van der Waals surface area contributed by atoms with Gasteiger partial charge in [-0.2, -0.15) is 0 Å². The Morgan fingerprint density at radius 3 is 2.92 bits per heavy atom. The lowest BCUT2D eigenvalue weighted by atomic mass is 10.2. The lowest BCUT2D eigenvalue weighted by Gasteiger charge is -2.15. The van der Waals surface area contributed by atoms with Crippen LogP contribution in [0.15, 0.2) is 53.0 Å². The molecule has 2 aromatic rings. The van der Waals surface area contributed by atoms with Gasteiger partial charge in [-0.25, -0.2) is 0 Å². The fourth-order valence-electron chi connectivity index (χ4n) is 2.63. The van der Waals surface area contributed by atoms with Gasteiger partial charge in [0.2, 0.25) is 5.91 Å². The Kier molecular flexibility index (Phi) is 6.30. The van der Waals surface area contributed by atoms with Gasteiger partial charge in [-0.1, -0.05) is 34.1 Å². The lowest BCUT2D eigenvalue weighted by Crippen LogP contribution is -2.22. The summed E-state index contributed by atoms with van der Waals surface area (Å²) in [6.45, 7) is 1.48. The van der Waals surface area contributed by atoms with E-state index in [1.807, 2.05) is 48.5 Å². The molecule has 132 valence electrons. The van der Waals surface area contributed by atoms with Gasteiger partial charge in [0.15, 0.2) is 0 Å². The molecule has 1 unspecified atom stereocenters. The smallest absolute Gasteiger partial charge is 0.243 e. The SMILES string of the molecule is O=C(CNc1cccc(Br)c1)Nc1ccccc1OCC1CCCO1. The zero-order chi connectivity index (χ0) is 17.5. The first-order valence-corrected chi connectivity index (χ1v) is 9.13. The number of amides is 1. The molecule has 1 aliphatic heterocycles. The molecule has 1 fully saturated rings. The average Bonchev–Trinajstić information content (AvgIpc) is 3.13. The van der Waals surface area contributed by atoms with Crippen LogP contribution in [0.2, 0.25) is 0 Å². The van der Waals surface area contributed by atoms with Crippen molar-refractivity contribution in [1.82, 2.24) is 0 Å². The largest absolute Gasteiger partial charge is 0.489 e. The highest BCUT2D eigenvalue weighted by molar-refractivity contribution is 9.10. The first-order valence-electron chi connectivity index (χ1n) is 8.33. The third kappa shape index (κ3) is 5.47. The monoisotopic (exact) mass is 404 g/mol. The quantitative estimate of drug-likeness (QED) is 0.730. The lowest BCUT2D eigenvalue weighted by molar-refractivity contribution is -0.114. The number of anilines is 2. The van der Waals surface area contributed by atoms with E-state index in [0.29, 0.717) is 18.0 Å². The molecule has 0 spiro atoms. The molecule has 2 aromatic carbocycles. The molecule has 0 bridgehead atoms. The predicted molar refractivity (Wildman–Crippen MR) is 102 cm³/mol. The van der Waals surface area contributed by atoms with Crippen LogP contribution in [0.3, 0.4) is 0 Å². The Hall–Kier alpha value is -2.05. The molecule has 1 saturated heterocycles. The molecule has 0 aliphatic carbocycles. The van der Waals surface area contributed by atoms with E-state index >= 15 is 0 Å². The first kappa shape index (κ1) is 17.8. The van der Waals surface area contributed by atoms with Crippen LogP contribution in [0.1, 0.15) is 12.8 Å². The van der Waals surface area contributed by atoms with Crippen molar-refractivity contribution in [2.75, 3.05) is 30.4 Å². The highest BCUT2D eigenvalue weighted by atomic mass is 79.9. The molecular weight excluding hydrogens is 384 g/mol. The van der Waals surface area contributed by atoms with Gasteiger partial charge in [0.05, 0.1) is 18.3 Å². The average molecular weight is 405 g/mol. The third-order valence-electron chi connectivity index (χ3n) is 3.89. The number of ether oxygens (including phenoxy) is 2. The first-order chi connectivity index (χ1) is 12.2. The van der Waals surface area contributed by atoms with Crippen molar-refractivity contribution in [1.29, 1.82) is 0 Å². The molecule has 5 nitrogen and oxygen atoms in total. The normalized spacial score (nSPS) is 16.4. The van der Waals surface area contributed by atoms with Crippen LogP contribution in [0.25, 0.3) is 0 Å². The van der Waals surface area contributed by atoms with Gasteiger partial charge in [0.1, 0.15) is 12.4 Å². The van der Waals surface area contributed by atoms with Crippen molar-refractivity contribution in [3.63, 3.8) is 0 Å². The van der Waals surface area contributed by atoms with Crippen molar-refractivity contribution in [3.05, 3.63) is 53.0 Å². The molecule has 1 atom stereocenters. The summed E-state index contributed by atoms with van der Waals surface area (Å²) in [6.07, 6.45) is 2.24. The van der Waals surface area contributed by atoms with E-state index in [9.17, 15) is 4.79 Å². The van der Waals surface area contributed by atoms with Gasteiger partial charge < -0.3 is 20.1 Å². The minimum atomic E-state index is -0.131. The summed E-state index contributed by atoms with van der Waals surface area (Å²) in [5.74, 6) is 0.530. The molecule has 2 N–H and O–H groups in total. The molecule has 6 heteroatoms. The van der Waals surface area contributed by atoms with Crippen LogP contribution in [0.5, 0.6) is 5.75 Å². The summed E-state index contributed by atoms with van der Waals surface area (Å²) < 4.78 is 12.4. The maximum Gasteiger partial charge on any atom is 0.243 e.